The number of hydrogen-bond donors (Lipinski definition) is 2. The average molecular weight is 350 g/mol. The third-order valence-electron chi connectivity index (χ3n) is 4.78. The lowest BCUT2D eigenvalue weighted by Crippen LogP contribution is -2.38. The van der Waals surface area contributed by atoms with Crippen molar-refractivity contribution in [3.8, 4) is 0 Å². The van der Waals surface area contributed by atoms with Crippen molar-refractivity contribution in [1.29, 1.82) is 0 Å². The summed E-state index contributed by atoms with van der Waals surface area (Å²) in [6.07, 6.45) is 4.07. The van der Waals surface area contributed by atoms with Crippen LogP contribution in [0, 0.1) is 5.92 Å². The number of amides is 2. The number of rotatable bonds is 5. The molecule has 0 heterocycles. The van der Waals surface area contributed by atoms with Crippen molar-refractivity contribution >= 4 is 17.5 Å². The molecule has 2 aromatic rings. The van der Waals surface area contributed by atoms with Gasteiger partial charge in [0.15, 0.2) is 0 Å². The molecule has 0 bridgehead atoms. The second kappa shape index (κ2) is 8.17. The van der Waals surface area contributed by atoms with Gasteiger partial charge in [-0.1, -0.05) is 50.2 Å². The second-order valence-corrected chi connectivity index (χ2v) is 7.36. The van der Waals surface area contributed by atoms with Crippen molar-refractivity contribution in [3.05, 3.63) is 65.2 Å². The van der Waals surface area contributed by atoms with Crippen molar-refractivity contribution in [2.45, 2.75) is 45.6 Å². The van der Waals surface area contributed by atoms with E-state index in [0.29, 0.717) is 11.6 Å². The van der Waals surface area contributed by atoms with Gasteiger partial charge in [-0.25, -0.2) is 0 Å². The van der Waals surface area contributed by atoms with Gasteiger partial charge >= 0.3 is 11.8 Å². The van der Waals surface area contributed by atoms with Gasteiger partial charge in [0, 0.05) is 5.69 Å². The Bertz CT molecular complexity index is 784. The van der Waals surface area contributed by atoms with Gasteiger partial charge in [-0.05, 0) is 60.4 Å². The fourth-order valence-electron chi connectivity index (χ4n) is 3.50. The molecule has 1 aliphatic carbocycles. The van der Waals surface area contributed by atoms with Crippen molar-refractivity contribution in [3.63, 3.8) is 0 Å². The summed E-state index contributed by atoms with van der Waals surface area (Å²) in [5, 5.41) is 5.62. The van der Waals surface area contributed by atoms with E-state index in [2.05, 4.69) is 24.5 Å². The molecule has 0 fully saturated rings. The summed E-state index contributed by atoms with van der Waals surface area (Å²) in [6, 6.07) is 15.5. The molecule has 0 aliphatic heterocycles. The Kier molecular flexibility index (Phi) is 5.71. The molecule has 0 aromatic heterocycles. The Morgan fingerprint density at radius 3 is 2.42 bits per heavy atom. The molecule has 0 unspecified atom stereocenters. The molecule has 1 atom stereocenters. The Hall–Kier alpha value is -2.62. The number of anilines is 1. The van der Waals surface area contributed by atoms with E-state index in [1.54, 1.807) is 0 Å². The lowest BCUT2D eigenvalue weighted by molar-refractivity contribution is -0.136. The minimum absolute atomic E-state index is 0.172. The summed E-state index contributed by atoms with van der Waals surface area (Å²) in [5.74, 6) is -0.812. The van der Waals surface area contributed by atoms with E-state index in [9.17, 15) is 9.59 Å². The molecule has 4 heteroatoms. The highest BCUT2D eigenvalue weighted by Gasteiger charge is 2.21. The van der Waals surface area contributed by atoms with Crippen molar-refractivity contribution in [2.75, 3.05) is 5.32 Å². The van der Waals surface area contributed by atoms with Crippen LogP contribution in [0.1, 0.15) is 49.4 Å². The molecule has 1 aliphatic rings. The first kappa shape index (κ1) is 18.2. The van der Waals surface area contributed by atoms with Gasteiger partial charge in [-0.15, -0.1) is 0 Å². The highest BCUT2D eigenvalue weighted by Crippen LogP contribution is 2.25. The predicted molar refractivity (Wildman–Crippen MR) is 104 cm³/mol. The van der Waals surface area contributed by atoms with Crippen LogP contribution in [0.3, 0.4) is 0 Å². The Morgan fingerprint density at radius 1 is 0.962 bits per heavy atom. The van der Waals surface area contributed by atoms with Crippen LogP contribution in [0.2, 0.25) is 0 Å². The van der Waals surface area contributed by atoms with E-state index >= 15 is 0 Å². The average Bonchev–Trinajstić information content (AvgIpc) is 3.09. The monoisotopic (exact) mass is 350 g/mol. The molecule has 3 rings (SSSR count). The van der Waals surface area contributed by atoms with Gasteiger partial charge in [0.1, 0.15) is 0 Å². The normalized spacial score (nSPS) is 14.0. The van der Waals surface area contributed by atoms with E-state index < -0.39 is 11.8 Å². The Balaban J connectivity index is 1.66. The van der Waals surface area contributed by atoms with Crippen molar-refractivity contribution < 1.29 is 9.59 Å². The van der Waals surface area contributed by atoms with E-state index in [-0.39, 0.29) is 6.04 Å². The zero-order valence-corrected chi connectivity index (χ0v) is 15.4. The molecule has 0 saturated carbocycles. The lowest BCUT2D eigenvalue weighted by Gasteiger charge is -2.21. The quantitative estimate of drug-likeness (QED) is 0.800. The van der Waals surface area contributed by atoms with Crippen molar-refractivity contribution in [1.82, 2.24) is 5.32 Å². The third kappa shape index (κ3) is 4.51. The largest absolute Gasteiger partial charge is 0.341 e. The van der Waals surface area contributed by atoms with E-state index in [4.69, 9.17) is 0 Å². The maximum atomic E-state index is 12.4. The highest BCUT2D eigenvalue weighted by atomic mass is 16.2. The lowest BCUT2D eigenvalue weighted by atomic mass is 9.97. The van der Waals surface area contributed by atoms with Gasteiger partial charge < -0.3 is 10.6 Å². The van der Waals surface area contributed by atoms with Crippen LogP contribution in [0.4, 0.5) is 5.69 Å². The number of aryl methyl sites for hydroxylation is 2. The van der Waals surface area contributed by atoms with Crippen LogP contribution >= 0.6 is 0 Å². The van der Waals surface area contributed by atoms with E-state index in [1.165, 1.54) is 11.1 Å². The topological polar surface area (TPSA) is 58.2 Å². The molecule has 4 nitrogen and oxygen atoms in total. The minimum Gasteiger partial charge on any atom is -0.341 e. The van der Waals surface area contributed by atoms with Gasteiger partial charge in [0.05, 0.1) is 6.04 Å². The highest BCUT2D eigenvalue weighted by molar-refractivity contribution is 6.39. The number of carbonyl (C=O) groups is 2. The number of benzene rings is 2. The molecule has 0 radical (unpaired) electrons. The van der Waals surface area contributed by atoms with Gasteiger partial charge in [0.25, 0.3) is 0 Å². The molecule has 0 saturated heterocycles. The number of fused-ring (bicyclic) bond motifs is 1. The first-order chi connectivity index (χ1) is 12.5. The van der Waals surface area contributed by atoms with Crippen LogP contribution in [0.5, 0.6) is 0 Å². The maximum Gasteiger partial charge on any atom is 0.313 e. The smallest absolute Gasteiger partial charge is 0.313 e. The molecule has 2 N–H and O–H groups in total. The fraction of sp³-hybridized carbons (Fsp3) is 0.364. The zero-order valence-electron chi connectivity index (χ0n) is 15.4. The van der Waals surface area contributed by atoms with Crippen LogP contribution in [0.25, 0.3) is 0 Å². The SMILES string of the molecule is CC(C)C[C@@H](NC(=O)C(=O)Nc1ccc2c(c1)CCC2)c1ccccc1. The Morgan fingerprint density at radius 2 is 1.69 bits per heavy atom. The number of hydrogen-bond acceptors (Lipinski definition) is 2. The summed E-state index contributed by atoms with van der Waals surface area (Å²) in [6.45, 7) is 4.21. The summed E-state index contributed by atoms with van der Waals surface area (Å²) in [5.41, 5.74) is 4.31. The molecular formula is C22H26N2O2. The zero-order chi connectivity index (χ0) is 18.5. The molecule has 0 spiro atoms. The first-order valence-corrected chi connectivity index (χ1v) is 9.31. The number of carbonyl (C=O) groups excluding carboxylic acids is 2. The minimum atomic E-state index is -0.618. The molecule has 2 aromatic carbocycles. The molecule has 2 amide bonds. The third-order valence-corrected chi connectivity index (χ3v) is 4.78. The standard InChI is InChI=1S/C22H26N2O2/c1-15(2)13-20(17-7-4-3-5-8-17)24-22(26)21(25)23-19-12-11-16-9-6-10-18(16)14-19/h3-5,7-8,11-12,14-15,20H,6,9-10,13H2,1-2H3,(H,23,25)(H,24,26)/t20-/m1/s1. The molecule has 136 valence electrons. The predicted octanol–water partition coefficient (Wildman–Crippen LogP) is 4.02. The maximum absolute atomic E-state index is 12.4. The van der Waals surface area contributed by atoms with Crippen LogP contribution < -0.4 is 10.6 Å². The van der Waals surface area contributed by atoms with Crippen LogP contribution in [0.15, 0.2) is 48.5 Å². The van der Waals surface area contributed by atoms with E-state index in [1.807, 2.05) is 48.5 Å². The van der Waals surface area contributed by atoms with Crippen molar-refractivity contribution in [2.24, 2.45) is 5.92 Å². The van der Waals surface area contributed by atoms with Crippen LogP contribution in [-0.4, -0.2) is 11.8 Å². The summed E-state index contributed by atoms with van der Waals surface area (Å²) in [4.78, 5) is 24.8. The summed E-state index contributed by atoms with van der Waals surface area (Å²) in [7, 11) is 0. The van der Waals surface area contributed by atoms with Gasteiger partial charge in [0.2, 0.25) is 0 Å². The summed E-state index contributed by atoms with van der Waals surface area (Å²) >= 11 is 0. The summed E-state index contributed by atoms with van der Waals surface area (Å²) < 4.78 is 0. The van der Waals surface area contributed by atoms with Gasteiger partial charge in [-0.3, -0.25) is 9.59 Å². The molecule has 26 heavy (non-hydrogen) atoms. The second-order valence-electron chi connectivity index (χ2n) is 7.36. The number of nitrogens with one attached hydrogen (secondary N) is 2. The Labute approximate surface area is 155 Å². The van der Waals surface area contributed by atoms with Crippen LogP contribution in [-0.2, 0) is 22.4 Å². The van der Waals surface area contributed by atoms with E-state index in [0.717, 1.165) is 31.2 Å². The fourth-order valence-corrected chi connectivity index (χ4v) is 3.50. The molecular weight excluding hydrogens is 324 g/mol. The van der Waals surface area contributed by atoms with Gasteiger partial charge in [-0.2, -0.15) is 0 Å². The first-order valence-electron chi connectivity index (χ1n) is 9.31.